The average molecular weight is 253 g/mol. The highest BCUT2D eigenvalue weighted by Crippen LogP contribution is 2.26. The molecule has 0 amide bonds. The van der Waals surface area contributed by atoms with Crippen LogP contribution >= 0.6 is 0 Å². The van der Waals surface area contributed by atoms with Crippen LogP contribution in [-0.2, 0) is 0 Å². The van der Waals surface area contributed by atoms with Gasteiger partial charge >= 0.3 is 0 Å². The molecular formula is C11H15N3O4. The van der Waals surface area contributed by atoms with Crippen molar-refractivity contribution in [3.8, 4) is 0 Å². The van der Waals surface area contributed by atoms with Crippen LogP contribution in [0, 0.1) is 10.1 Å². The fraction of sp³-hybridized carbons (Fsp3) is 0.545. The number of Topliss-reactive ketones (excluding diaryl/α,β-unsaturated/α-hetero) is 1. The summed E-state index contributed by atoms with van der Waals surface area (Å²) in [4.78, 5) is 26.4. The first kappa shape index (κ1) is 12.7. The van der Waals surface area contributed by atoms with E-state index in [-0.39, 0.29) is 30.3 Å². The van der Waals surface area contributed by atoms with Crippen molar-refractivity contribution in [1.82, 2.24) is 9.88 Å². The minimum Gasteiger partial charge on any atom is -0.395 e. The molecule has 0 unspecified atom stereocenters. The van der Waals surface area contributed by atoms with Gasteiger partial charge in [0.2, 0.25) is 0 Å². The molecule has 1 fully saturated rings. The van der Waals surface area contributed by atoms with Crippen LogP contribution in [0.5, 0.6) is 0 Å². The van der Waals surface area contributed by atoms with Gasteiger partial charge in [0.25, 0.3) is 5.69 Å². The maximum Gasteiger partial charge on any atom is 0.287 e. The van der Waals surface area contributed by atoms with E-state index in [4.69, 9.17) is 5.11 Å². The molecular weight excluding hydrogens is 238 g/mol. The van der Waals surface area contributed by atoms with Crippen LogP contribution in [0.25, 0.3) is 0 Å². The molecule has 0 saturated heterocycles. The number of aromatic amines is 1. The second kappa shape index (κ2) is 5.28. The van der Waals surface area contributed by atoms with E-state index in [0.29, 0.717) is 12.6 Å². The number of aliphatic hydroxyl groups is 1. The number of aromatic nitrogens is 1. The molecule has 7 heteroatoms. The summed E-state index contributed by atoms with van der Waals surface area (Å²) in [5, 5.41) is 19.4. The van der Waals surface area contributed by atoms with E-state index in [2.05, 4.69) is 4.98 Å². The second-order valence-corrected chi connectivity index (χ2v) is 4.38. The van der Waals surface area contributed by atoms with Gasteiger partial charge in [-0.15, -0.1) is 0 Å². The zero-order valence-electron chi connectivity index (χ0n) is 9.83. The standard InChI is InChI=1S/C11H15N3O4/c15-4-3-13(8-1-2-8)7-11(16)10-5-9(6-12-10)14(17)18/h5-6,8,12,15H,1-4,7H2. The summed E-state index contributed by atoms with van der Waals surface area (Å²) in [6.07, 6.45) is 3.29. The zero-order valence-corrected chi connectivity index (χ0v) is 9.83. The lowest BCUT2D eigenvalue weighted by atomic mass is 10.2. The Hall–Kier alpha value is -1.73. The van der Waals surface area contributed by atoms with Gasteiger partial charge in [-0.1, -0.05) is 0 Å². The van der Waals surface area contributed by atoms with Crippen molar-refractivity contribution in [2.45, 2.75) is 18.9 Å². The van der Waals surface area contributed by atoms with Crippen molar-refractivity contribution in [2.24, 2.45) is 0 Å². The van der Waals surface area contributed by atoms with E-state index < -0.39 is 4.92 Å². The molecule has 98 valence electrons. The van der Waals surface area contributed by atoms with Gasteiger partial charge in [-0.2, -0.15) is 0 Å². The molecule has 7 nitrogen and oxygen atoms in total. The number of rotatable bonds is 7. The highest BCUT2D eigenvalue weighted by Gasteiger charge is 2.30. The zero-order chi connectivity index (χ0) is 13.1. The summed E-state index contributed by atoms with van der Waals surface area (Å²) < 4.78 is 0. The molecule has 1 aromatic rings. The number of nitrogens with zero attached hydrogens (tertiary/aromatic N) is 2. The predicted molar refractivity (Wildman–Crippen MR) is 63.5 cm³/mol. The summed E-state index contributed by atoms with van der Waals surface area (Å²) in [6, 6.07) is 1.61. The van der Waals surface area contributed by atoms with E-state index >= 15 is 0 Å². The lowest BCUT2D eigenvalue weighted by molar-refractivity contribution is -0.384. The van der Waals surface area contributed by atoms with E-state index in [1.807, 2.05) is 4.90 Å². The molecule has 2 N–H and O–H groups in total. The van der Waals surface area contributed by atoms with Crippen molar-refractivity contribution in [2.75, 3.05) is 19.7 Å². The predicted octanol–water partition coefficient (Wildman–Crippen LogP) is 0.562. The smallest absolute Gasteiger partial charge is 0.287 e. The van der Waals surface area contributed by atoms with Crippen molar-refractivity contribution in [3.05, 3.63) is 28.1 Å². The lowest BCUT2D eigenvalue weighted by Crippen LogP contribution is -2.34. The molecule has 0 spiro atoms. The second-order valence-electron chi connectivity index (χ2n) is 4.38. The molecule has 1 aliphatic rings. The van der Waals surface area contributed by atoms with Crippen LogP contribution in [0.1, 0.15) is 23.3 Å². The van der Waals surface area contributed by atoms with Crippen molar-refractivity contribution in [1.29, 1.82) is 0 Å². The van der Waals surface area contributed by atoms with E-state index in [1.165, 1.54) is 12.3 Å². The van der Waals surface area contributed by atoms with Crippen molar-refractivity contribution >= 4 is 11.5 Å². The molecule has 1 saturated carbocycles. The minimum absolute atomic E-state index is 0.00859. The summed E-state index contributed by atoms with van der Waals surface area (Å²) in [5.74, 6) is -0.191. The van der Waals surface area contributed by atoms with Gasteiger partial charge < -0.3 is 10.1 Å². The van der Waals surface area contributed by atoms with Gasteiger partial charge in [0.1, 0.15) is 0 Å². The SMILES string of the molecule is O=C(CN(CCO)C1CC1)c1cc([N+](=O)[O-])c[nH]1. The summed E-state index contributed by atoms with van der Waals surface area (Å²) in [7, 11) is 0. The Kier molecular flexibility index (Phi) is 3.73. The number of H-pyrrole nitrogens is 1. The Balaban J connectivity index is 1.98. The summed E-state index contributed by atoms with van der Waals surface area (Å²) >= 11 is 0. The van der Waals surface area contributed by atoms with Crippen molar-refractivity contribution < 1.29 is 14.8 Å². The fourth-order valence-electron chi connectivity index (χ4n) is 1.88. The average Bonchev–Trinajstić information content (AvgIpc) is 3.04. The van der Waals surface area contributed by atoms with Crippen LogP contribution in [0.4, 0.5) is 5.69 Å². The monoisotopic (exact) mass is 253 g/mol. The fourth-order valence-corrected chi connectivity index (χ4v) is 1.88. The molecule has 1 aliphatic carbocycles. The normalized spacial score (nSPS) is 15.0. The largest absolute Gasteiger partial charge is 0.395 e. The van der Waals surface area contributed by atoms with Crippen molar-refractivity contribution in [3.63, 3.8) is 0 Å². The minimum atomic E-state index is -0.542. The quantitative estimate of drug-likeness (QED) is 0.420. The van der Waals surface area contributed by atoms with E-state index in [9.17, 15) is 14.9 Å². The highest BCUT2D eigenvalue weighted by molar-refractivity contribution is 5.96. The van der Waals surface area contributed by atoms with Gasteiger partial charge in [-0.3, -0.25) is 19.8 Å². The number of carbonyl (C=O) groups excluding carboxylic acids is 1. The summed E-state index contributed by atoms with van der Waals surface area (Å²) in [5.41, 5.74) is 0.128. The van der Waals surface area contributed by atoms with Crippen LogP contribution in [0.15, 0.2) is 12.3 Å². The first-order valence-electron chi connectivity index (χ1n) is 5.82. The first-order chi connectivity index (χ1) is 8.61. The number of aliphatic hydroxyl groups excluding tert-OH is 1. The van der Waals surface area contributed by atoms with Crippen LogP contribution in [0.2, 0.25) is 0 Å². The molecule has 2 rings (SSSR count). The van der Waals surface area contributed by atoms with Crippen LogP contribution in [0.3, 0.4) is 0 Å². The Labute approximate surface area is 104 Å². The maximum absolute atomic E-state index is 11.9. The van der Waals surface area contributed by atoms with Gasteiger partial charge in [0.05, 0.1) is 30.0 Å². The Morgan fingerprint density at radius 3 is 2.83 bits per heavy atom. The Morgan fingerprint density at radius 2 is 2.33 bits per heavy atom. The summed E-state index contributed by atoms with van der Waals surface area (Å²) in [6.45, 7) is 0.650. The number of nitrogens with one attached hydrogen (secondary N) is 1. The number of nitro groups is 1. The third kappa shape index (κ3) is 2.93. The number of ketones is 1. The van der Waals surface area contributed by atoms with E-state index in [0.717, 1.165) is 12.8 Å². The molecule has 1 aromatic heterocycles. The van der Waals surface area contributed by atoms with Crippen LogP contribution in [-0.4, -0.2) is 51.4 Å². The lowest BCUT2D eigenvalue weighted by Gasteiger charge is -2.19. The number of hydrogen-bond acceptors (Lipinski definition) is 5. The Morgan fingerprint density at radius 1 is 1.61 bits per heavy atom. The third-order valence-corrected chi connectivity index (χ3v) is 2.98. The third-order valence-electron chi connectivity index (χ3n) is 2.98. The van der Waals surface area contributed by atoms with E-state index in [1.54, 1.807) is 0 Å². The number of hydrogen-bond donors (Lipinski definition) is 2. The molecule has 0 radical (unpaired) electrons. The van der Waals surface area contributed by atoms with Crippen LogP contribution < -0.4 is 0 Å². The molecule has 0 aromatic carbocycles. The van der Waals surface area contributed by atoms with Gasteiger partial charge in [-0.05, 0) is 12.8 Å². The molecule has 0 bridgehead atoms. The van der Waals surface area contributed by atoms with Gasteiger partial charge in [-0.25, -0.2) is 0 Å². The molecule has 0 aliphatic heterocycles. The maximum atomic E-state index is 11.9. The molecule has 1 heterocycles. The highest BCUT2D eigenvalue weighted by atomic mass is 16.6. The molecule has 18 heavy (non-hydrogen) atoms. The topological polar surface area (TPSA) is 99.5 Å². The first-order valence-corrected chi connectivity index (χ1v) is 5.82. The Bertz CT molecular complexity index is 453. The van der Waals surface area contributed by atoms with Gasteiger partial charge in [0.15, 0.2) is 5.78 Å². The number of carbonyl (C=O) groups is 1. The molecule has 0 atom stereocenters. The van der Waals surface area contributed by atoms with Gasteiger partial charge in [0, 0.05) is 18.7 Å².